The maximum absolute atomic E-state index is 5.20. The number of pyridine rings is 1. The molecule has 0 bridgehead atoms. The summed E-state index contributed by atoms with van der Waals surface area (Å²) >= 11 is 0. The predicted molar refractivity (Wildman–Crippen MR) is 103 cm³/mol. The number of methoxy groups -OCH3 is 1. The summed E-state index contributed by atoms with van der Waals surface area (Å²) in [6, 6.07) is 22.4. The van der Waals surface area contributed by atoms with Crippen molar-refractivity contribution in [3.05, 3.63) is 94.7 Å². The largest absolute Gasteiger partial charge is 0.481 e. The topological polar surface area (TPSA) is 34.5 Å². The summed E-state index contributed by atoms with van der Waals surface area (Å²) in [5, 5.41) is 0. The van der Waals surface area contributed by atoms with Crippen LogP contribution in [0.5, 0.6) is 5.88 Å². The Hall–Kier alpha value is -2.94. The van der Waals surface area contributed by atoms with Gasteiger partial charge in [-0.2, -0.15) is 0 Å². The quantitative estimate of drug-likeness (QED) is 0.623. The molecule has 3 rings (SSSR count). The van der Waals surface area contributed by atoms with Crippen LogP contribution in [-0.4, -0.2) is 18.3 Å². The molecule has 0 atom stereocenters. The van der Waals surface area contributed by atoms with Crippen LogP contribution in [-0.2, 0) is 0 Å². The van der Waals surface area contributed by atoms with E-state index in [4.69, 9.17) is 9.73 Å². The molecule has 1 aromatic heterocycles. The number of aryl methyl sites for hydroxylation is 2. The van der Waals surface area contributed by atoms with Crippen molar-refractivity contribution in [3.8, 4) is 5.88 Å². The summed E-state index contributed by atoms with van der Waals surface area (Å²) < 4.78 is 5.20. The molecule has 0 aliphatic rings. The highest BCUT2D eigenvalue weighted by atomic mass is 16.5. The lowest BCUT2D eigenvalue weighted by Crippen LogP contribution is -2.04. The molecule has 0 aliphatic carbocycles. The van der Waals surface area contributed by atoms with E-state index in [9.17, 15) is 0 Å². The van der Waals surface area contributed by atoms with Crippen molar-refractivity contribution >= 4 is 6.21 Å². The summed E-state index contributed by atoms with van der Waals surface area (Å²) in [5.41, 5.74) is 5.65. The molecule has 126 valence electrons. The second kappa shape index (κ2) is 7.75. The first kappa shape index (κ1) is 16.9. The minimum atomic E-state index is -0.0598. The Balaban J connectivity index is 2.04. The number of rotatable bonds is 5. The molecule has 2 aromatic carbocycles. The molecular weight excluding hydrogens is 308 g/mol. The third kappa shape index (κ3) is 3.94. The van der Waals surface area contributed by atoms with Gasteiger partial charge < -0.3 is 4.74 Å². The Labute approximate surface area is 149 Å². The van der Waals surface area contributed by atoms with Gasteiger partial charge >= 0.3 is 0 Å². The van der Waals surface area contributed by atoms with Crippen molar-refractivity contribution < 1.29 is 4.74 Å². The van der Waals surface area contributed by atoms with Crippen LogP contribution in [0.2, 0.25) is 0 Å². The summed E-state index contributed by atoms with van der Waals surface area (Å²) in [6.45, 7) is 4.25. The van der Waals surface area contributed by atoms with E-state index >= 15 is 0 Å². The number of benzene rings is 2. The van der Waals surface area contributed by atoms with Crippen LogP contribution >= 0.6 is 0 Å². The molecule has 0 radical (unpaired) electrons. The lowest BCUT2D eigenvalue weighted by molar-refractivity contribution is 0.397. The number of aromatic nitrogens is 1. The van der Waals surface area contributed by atoms with Crippen molar-refractivity contribution in [2.24, 2.45) is 4.99 Å². The molecule has 0 spiro atoms. The molecule has 25 heavy (non-hydrogen) atoms. The normalized spacial score (nSPS) is 11.2. The van der Waals surface area contributed by atoms with E-state index in [1.165, 1.54) is 22.3 Å². The van der Waals surface area contributed by atoms with Crippen molar-refractivity contribution in [1.29, 1.82) is 0 Å². The van der Waals surface area contributed by atoms with Gasteiger partial charge in [-0.25, -0.2) is 4.98 Å². The van der Waals surface area contributed by atoms with Gasteiger partial charge in [0.1, 0.15) is 6.04 Å². The number of hydrogen-bond acceptors (Lipinski definition) is 3. The Kier molecular flexibility index (Phi) is 5.24. The highest BCUT2D eigenvalue weighted by Crippen LogP contribution is 2.30. The summed E-state index contributed by atoms with van der Waals surface area (Å²) in [7, 11) is 1.62. The van der Waals surface area contributed by atoms with Crippen LogP contribution in [0.4, 0.5) is 0 Å². The zero-order chi connectivity index (χ0) is 17.6. The van der Waals surface area contributed by atoms with Crippen LogP contribution in [0.25, 0.3) is 0 Å². The molecule has 0 N–H and O–H groups in total. The fourth-order valence-electron chi connectivity index (χ4n) is 2.88. The molecule has 0 saturated carbocycles. The van der Waals surface area contributed by atoms with E-state index in [2.05, 4.69) is 67.4 Å². The van der Waals surface area contributed by atoms with Crippen LogP contribution < -0.4 is 4.74 Å². The first-order valence-electron chi connectivity index (χ1n) is 8.34. The summed E-state index contributed by atoms with van der Waals surface area (Å²) in [4.78, 5) is 9.31. The van der Waals surface area contributed by atoms with Crippen LogP contribution in [0, 0.1) is 13.8 Å². The van der Waals surface area contributed by atoms with Gasteiger partial charge in [-0.1, -0.05) is 54.6 Å². The van der Waals surface area contributed by atoms with Crippen LogP contribution in [0.3, 0.4) is 0 Å². The van der Waals surface area contributed by atoms with Gasteiger partial charge in [-0.05, 0) is 42.2 Å². The van der Waals surface area contributed by atoms with Crippen molar-refractivity contribution in [2.45, 2.75) is 19.9 Å². The van der Waals surface area contributed by atoms with E-state index in [1.807, 2.05) is 24.4 Å². The molecule has 0 aliphatic heterocycles. The molecule has 1 heterocycles. The van der Waals surface area contributed by atoms with E-state index < -0.39 is 0 Å². The molecule has 0 fully saturated rings. The smallest absolute Gasteiger partial charge is 0.213 e. The molecule has 0 unspecified atom stereocenters. The fraction of sp³-hybridized carbons (Fsp3) is 0.182. The number of ether oxygens (including phenoxy) is 1. The maximum Gasteiger partial charge on any atom is 0.213 e. The fourth-order valence-corrected chi connectivity index (χ4v) is 2.88. The first-order chi connectivity index (χ1) is 12.2. The monoisotopic (exact) mass is 330 g/mol. The van der Waals surface area contributed by atoms with Crippen molar-refractivity contribution in [1.82, 2.24) is 4.98 Å². The molecule has 0 amide bonds. The second-order valence-corrected chi connectivity index (χ2v) is 6.00. The average molecular weight is 330 g/mol. The highest BCUT2D eigenvalue weighted by molar-refractivity contribution is 5.77. The van der Waals surface area contributed by atoms with E-state index in [-0.39, 0.29) is 6.04 Å². The Morgan fingerprint density at radius 1 is 0.840 bits per heavy atom. The Bertz CT molecular complexity index is 841. The standard InChI is InChI=1S/C22H22N2O/c1-16-9-4-6-12-19(16)22(20-13-7-5-10-17(20)2)23-15-18-11-8-14-21(24-18)25-3/h4-15,22H,1-3H3/b23-15+. The van der Waals surface area contributed by atoms with Gasteiger partial charge in [0.15, 0.2) is 0 Å². The van der Waals surface area contributed by atoms with Gasteiger partial charge in [-0.3, -0.25) is 4.99 Å². The minimum absolute atomic E-state index is 0.0598. The van der Waals surface area contributed by atoms with Crippen molar-refractivity contribution in [3.63, 3.8) is 0 Å². The Morgan fingerprint density at radius 2 is 1.44 bits per heavy atom. The van der Waals surface area contributed by atoms with Gasteiger partial charge in [-0.15, -0.1) is 0 Å². The lowest BCUT2D eigenvalue weighted by atomic mass is 9.93. The first-order valence-corrected chi connectivity index (χ1v) is 8.34. The van der Waals surface area contributed by atoms with Crippen LogP contribution in [0.1, 0.15) is 34.0 Å². The van der Waals surface area contributed by atoms with E-state index in [0.29, 0.717) is 5.88 Å². The van der Waals surface area contributed by atoms with Gasteiger partial charge in [0.05, 0.1) is 12.8 Å². The second-order valence-electron chi connectivity index (χ2n) is 6.00. The number of aliphatic imine (C=N–C) groups is 1. The number of nitrogens with zero attached hydrogens (tertiary/aromatic N) is 2. The highest BCUT2D eigenvalue weighted by Gasteiger charge is 2.16. The van der Waals surface area contributed by atoms with E-state index in [1.54, 1.807) is 7.11 Å². The molecule has 3 heteroatoms. The molecular formula is C22H22N2O. The minimum Gasteiger partial charge on any atom is -0.481 e. The Morgan fingerprint density at radius 3 is 2.00 bits per heavy atom. The van der Waals surface area contributed by atoms with E-state index in [0.717, 1.165) is 5.69 Å². The summed E-state index contributed by atoms with van der Waals surface area (Å²) in [6.07, 6.45) is 1.83. The zero-order valence-corrected chi connectivity index (χ0v) is 14.8. The third-order valence-electron chi connectivity index (χ3n) is 4.28. The SMILES string of the molecule is COc1cccc(/C=N/C(c2ccccc2C)c2ccccc2C)n1. The maximum atomic E-state index is 5.20. The van der Waals surface area contributed by atoms with Crippen molar-refractivity contribution in [2.75, 3.05) is 7.11 Å². The average Bonchev–Trinajstić information content (AvgIpc) is 2.64. The number of hydrogen-bond donors (Lipinski definition) is 0. The summed E-state index contributed by atoms with van der Waals surface area (Å²) in [5.74, 6) is 0.590. The van der Waals surface area contributed by atoms with Gasteiger partial charge in [0, 0.05) is 12.3 Å². The van der Waals surface area contributed by atoms with Gasteiger partial charge in [0.2, 0.25) is 5.88 Å². The predicted octanol–water partition coefficient (Wildman–Crippen LogP) is 4.92. The third-order valence-corrected chi connectivity index (χ3v) is 4.28. The zero-order valence-electron chi connectivity index (χ0n) is 14.8. The molecule has 0 saturated heterocycles. The lowest BCUT2D eigenvalue weighted by Gasteiger charge is -2.18. The van der Waals surface area contributed by atoms with Crippen LogP contribution in [0.15, 0.2) is 71.7 Å². The molecule has 3 nitrogen and oxygen atoms in total. The van der Waals surface area contributed by atoms with Gasteiger partial charge in [0.25, 0.3) is 0 Å². The molecule has 3 aromatic rings.